The van der Waals surface area contributed by atoms with E-state index in [0.717, 1.165) is 17.9 Å². The van der Waals surface area contributed by atoms with Crippen molar-refractivity contribution >= 4 is 5.82 Å². The number of hydrogen-bond acceptors (Lipinski definition) is 4. The second kappa shape index (κ2) is 5.66. The number of hydrogen-bond donors (Lipinski definition) is 2. The molecule has 0 amide bonds. The highest BCUT2D eigenvalue weighted by atomic mass is 16.3. The molecule has 2 atom stereocenters. The van der Waals surface area contributed by atoms with Crippen molar-refractivity contribution in [1.82, 2.24) is 9.97 Å². The molecular formula is C11H19N3O. The Morgan fingerprint density at radius 2 is 2.13 bits per heavy atom. The van der Waals surface area contributed by atoms with Crippen molar-refractivity contribution in [3.05, 3.63) is 18.1 Å². The van der Waals surface area contributed by atoms with Gasteiger partial charge in [0.1, 0.15) is 12.1 Å². The van der Waals surface area contributed by atoms with Gasteiger partial charge in [0, 0.05) is 17.8 Å². The highest BCUT2D eigenvalue weighted by Gasteiger charge is 2.06. The van der Waals surface area contributed by atoms with Crippen LogP contribution < -0.4 is 5.32 Å². The maximum Gasteiger partial charge on any atom is 0.129 e. The molecule has 0 saturated heterocycles. The van der Waals surface area contributed by atoms with Gasteiger partial charge in [0.05, 0.1) is 6.10 Å². The fourth-order valence-corrected chi connectivity index (χ4v) is 1.49. The highest BCUT2D eigenvalue weighted by Crippen LogP contribution is 2.08. The van der Waals surface area contributed by atoms with Crippen molar-refractivity contribution in [3.8, 4) is 0 Å². The van der Waals surface area contributed by atoms with Crippen molar-refractivity contribution in [2.24, 2.45) is 0 Å². The number of nitrogens with zero attached hydrogens (tertiary/aromatic N) is 2. The minimum Gasteiger partial charge on any atom is -0.393 e. The zero-order chi connectivity index (χ0) is 11.3. The highest BCUT2D eigenvalue weighted by molar-refractivity contribution is 5.35. The first-order chi connectivity index (χ1) is 7.11. The largest absolute Gasteiger partial charge is 0.393 e. The molecule has 4 heteroatoms. The lowest BCUT2D eigenvalue weighted by Gasteiger charge is -2.15. The topological polar surface area (TPSA) is 58.0 Å². The van der Waals surface area contributed by atoms with E-state index in [4.69, 9.17) is 0 Å². The van der Waals surface area contributed by atoms with E-state index in [1.54, 1.807) is 13.3 Å². The predicted octanol–water partition coefficient (Wildman–Crippen LogP) is 1.61. The lowest BCUT2D eigenvalue weighted by Crippen LogP contribution is -2.21. The quantitative estimate of drug-likeness (QED) is 0.773. The minimum absolute atomic E-state index is 0.213. The number of anilines is 1. The van der Waals surface area contributed by atoms with Gasteiger partial charge in [-0.3, -0.25) is 0 Å². The van der Waals surface area contributed by atoms with Gasteiger partial charge in [-0.15, -0.1) is 0 Å². The summed E-state index contributed by atoms with van der Waals surface area (Å²) in [7, 11) is 0. The SMILES string of the molecule is CCc1cc(NC(C)CC(C)O)ncn1. The summed E-state index contributed by atoms with van der Waals surface area (Å²) in [5, 5.41) is 12.5. The number of aryl methyl sites for hydroxylation is 1. The lowest BCUT2D eigenvalue weighted by molar-refractivity contribution is 0.179. The Morgan fingerprint density at radius 1 is 1.40 bits per heavy atom. The molecular weight excluding hydrogens is 190 g/mol. The third-order valence-corrected chi connectivity index (χ3v) is 2.17. The van der Waals surface area contributed by atoms with Crippen LogP contribution in [0.15, 0.2) is 12.4 Å². The molecule has 0 bridgehead atoms. The molecule has 0 fully saturated rings. The molecule has 0 radical (unpaired) electrons. The second-order valence-electron chi connectivity index (χ2n) is 3.88. The van der Waals surface area contributed by atoms with Gasteiger partial charge in [0.25, 0.3) is 0 Å². The van der Waals surface area contributed by atoms with E-state index in [2.05, 4.69) is 22.2 Å². The molecule has 1 heterocycles. The number of aliphatic hydroxyl groups is 1. The smallest absolute Gasteiger partial charge is 0.129 e. The molecule has 1 rings (SSSR count). The van der Waals surface area contributed by atoms with Gasteiger partial charge in [-0.25, -0.2) is 9.97 Å². The molecule has 2 unspecified atom stereocenters. The van der Waals surface area contributed by atoms with Crippen molar-refractivity contribution in [1.29, 1.82) is 0 Å². The predicted molar refractivity (Wildman–Crippen MR) is 60.8 cm³/mol. The molecule has 0 aliphatic carbocycles. The maximum absolute atomic E-state index is 9.23. The summed E-state index contributed by atoms with van der Waals surface area (Å²) in [4.78, 5) is 8.26. The summed E-state index contributed by atoms with van der Waals surface area (Å²) in [6.07, 6.45) is 2.89. The van der Waals surface area contributed by atoms with Crippen LogP contribution in [0, 0.1) is 0 Å². The Balaban J connectivity index is 2.55. The normalized spacial score (nSPS) is 14.7. The summed E-state index contributed by atoms with van der Waals surface area (Å²) in [6, 6.07) is 2.16. The lowest BCUT2D eigenvalue weighted by atomic mass is 10.1. The van der Waals surface area contributed by atoms with Gasteiger partial charge in [-0.2, -0.15) is 0 Å². The van der Waals surface area contributed by atoms with Crippen molar-refractivity contribution in [2.45, 2.75) is 45.8 Å². The van der Waals surface area contributed by atoms with Gasteiger partial charge in [-0.05, 0) is 26.7 Å². The Kier molecular flexibility index (Phi) is 4.49. The number of aromatic nitrogens is 2. The van der Waals surface area contributed by atoms with Crippen LogP contribution in [0.4, 0.5) is 5.82 Å². The molecule has 0 spiro atoms. The zero-order valence-corrected chi connectivity index (χ0v) is 9.57. The monoisotopic (exact) mass is 209 g/mol. The minimum atomic E-state index is -0.292. The molecule has 0 aliphatic heterocycles. The van der Waals surface area contributed by atoms with E-state index < -0.39 is 0 Å². The summed E-state index contributed by atoms with van der Waals surface area (Å²) >= 11 is 0. The third kappa shape index (κ3) is 4.25. The van der Waals surface area contributed by atoms with E-state index in [1.165, 1.54) is 0 Å². The average molecular weight is 209 g/mol. The fourth-order valence-electron chi connectivity index (χ4n) is 1.49. The van der Waals surface area contributed by atoms with Gasteiger partial charge in [0.15, 0.2) is 0 Å². The summed E-state index contributed by atoms with van der Waals surface area (Å²) in [5.74, 6) is 0.829. The van der Waals surface area contributed by atoms with Gasteiger partial charge >= 0.3 is 0 Å². The van der Waals surface area contributed by atoms with Gasteiger partial charge in [0.2, 0.25) is 0 Å². The molecule has 1 aromatic rings. The summed E-state index contributed by atoms with van der Waals surface area (Å²) in [6.45, 7) is 5.88. The molecule has 4 nitrogen and oxygen atoms in total. The van der Waals surface area contributed by atoms with Crippen LogP contribution in [0.25, 0.3) is 0 Å². The van der Waals surface area contributed by atoms with E-state index in [0.29, 0.717) is 6.42 Å². The van der Waals surface area contributed by atoms with Crippen LogP contribution in [0.5, 0.6) is 0 Å². The van der Waals surface area contributed by atoms with Crippen LogP contribution in [-0.2, 0) is 6.42 Å². The molecule has 84 valence electrons. The summed E-state index contributed by atoms with van der Waals surface area (Å²) in [5.41, 5.74) is 1.02. The number of nitrogens with one attached hydrogen (secondary N) is 1. The summed E-state index contributed by atoms with van der Waals surface area (Å²) < 4.78 is 0. The second-order valence-corrected chi connectivity index (χ2v) is 3.88. The van der Waals surface area contributed by atoms with Crippen molar-refractivity contribution < 1.29 is 5.11 Å². The molecule has 0 aliphatic rings. The Bertz CT molecular complexity index is 302. The molecule has 0 saturated carbocycles. The third-order valence-electron chi connectivity index (χ3n) is 2.17. The maximum atomic E-state index is 9.23. The van der Waals surface area contributed by atoms with E-state index in [9.17, 15) is 5.11 Å². The molecule has 1 aromatic heterocycles. The Labute approximate surface area is 90.8 Å². The Hall–Kier alpha value is -1.16. The van der Waals surface area contributed by atoms with Gasteiger partial charge < -0.3 is 10.4 Å². The van der Waals surface area contributed by atoms with Crippen LogP contribution in [0.1, 0.15) is 32.9 Å². The number of rotatable bonds is 5. The fraction of sp³-hybridized carbons (Fsp3) is 0.636. The first-order valence-electron chi connectivity index (χ1n) is 5.37. The van der Waals surface area contributed by atoms with Crippen molar-refractivity contribution in [2.75, 3.05) is 5.32 Å². The Morgan fingerprint density at radius 3 is 2.73 bits per heavy atom. The standard InChI is InChI=1S/C11H19N3O/c1-4-10-6-11(13-7-12-10)14-8(2)5-9(3)15/h6-9,15H,4-5H2,1-3H3,(H,12,13,14). The molecule has 0 aromatic carbocycles. The van der Waals surface area contributed by atoms with E-state index >= 15 is 0 Å². The molecule has 15 heavy (non-hydrogen) atoms. The van der Waals surface area contributed by atoms with Crippen LogP contribution in [0.2, 0.25) is 0 Å². The zero-order valence-electron chi connectivity index (χ0n) is 9.57. The van der Waals surface area contributed by atoms with Gasteiger partial charge in [-0.1, -0.05) is 6.92 Å². The average Bonchev–Trinajstić information content (AvgIpc) is 2.16. The van der Waals surface area contributed by atoms with Crippen LogP contribution in [-0.4, -0.2) is 27.2 Å². The molecule has 2 N–H and O–H groups in total. The number of aliphatic hydroxyl groups excluding tert-OH is 1. The first kappa shape index (κ1) is 11.9. The van der Waals surface area contributed by atoms with Crippen LogP contribution >= 0.6 is 0 Å². The van der Waals surface area contributed by atoms with Crippen molar-refractivity contribution in [3.63, 3.8) is 0 Å². The van der Waals surface area contributed by atoms with Crippen LogP contribution in [0.3, 0.4) is 0 Å². The van der Waals surface area contributed by atoms with E-state index in [1.807, 2.05) is 13.0 Å². The van der Waals surface area contributed by atoms with E-state index in [-0.39, 0.29) is 12.1 Å². The first-order valence-corrected chi connectivity index (χ1v) is 5.37.